The lowest BCUT2D eigenvalue weighted by atomic mass is 9.98. The smallest absolute Gasteiger partial charge is 0.339 e. The van der Waals surface area contributed by atoms with Crippen molar-refractivity contribution in [3.63, 3.8) is 0 Å². The molecule has 0 unspecified atom stereocenters. The van der Waals surface area contributed by atoms with Crippen molar-refractivity contribution in [1.29, 1.82) is 5.26 Å². The van der Waals surface area contributed by atoms with Gasteiger partial charge in [0.1, 0.15) is 5.58 Å². The van der Waals surface area contributed by atoms with Crippen LogP contribution in [0.3, 0.4) is 0 Å². The Morgan fingerprint density at radius 1 is 1.07 bits per heavy atom. The third kappa shape index (κ3) is 3.51. The molecule has 0 atom stereocenters. The van der Waals surface area contributed by atoms with Crippen molar-refractivity contribution in [2.24, 2.45) is 0 Å². The molecule has 1 saturated heterocycles. The van der Waals surface area contributed by atoms with Crippen LogP contribution < -0.4 is 5.63 Å². The summed E-state index contributed by atoms with van der Waals surface area (Å²) in [4.78, 5) is 14.9. The van der Waals surface area contributed by atoms with E-state index in [1.54, 1.807) is 0 Å². The molecule has 0 saturated carbocycles. The van der Waals surface area contributed by atoms with E-state index in [1.807, 2.05) is 43.3 Å². The van der Waals surface area contributed by atoms with E-state index in [0.29, 0.717) is 11.1 Å². The number of fused-ring (bicyclic) bond motifs is 1. The minimum absolute atomic E-state index is 0.217. The number of benzene rings is 2. The van der Waals surface area contributed by atoms with Gasteiger partial charge in [-0.3, -0.25) is 0 Å². The van der Waals surface area contributed by atoms with E-state index in [9.17, 15) is 4.79 Å². The molecule has 1 aliphatic heterocycles. The van der Waals surface area contributed by atoms with Crippen LogP contribution in [0.5, 0.6) is 0 Å². The summed E-state index contributed by atoms with van der Waals surface area (Å²) in [5.41, 5.74) is 4.94. The second-order valence-corrected chi connectivity index (χ2v) is 7.19. The maximum atomic E-state index is 12.5. The Morgan fingerprint density at radius 3 is 2.48 bits per heavy atom. The van der Waals surface area contributed by atoms with E-state index in [2.05, 4.69) is 17.0 Å². The quantitative estimate of drug-likeness (QED) is 0.653. The van der Waals surface area contributed by atoms with Crippen molar-refractivity contribution < 1.29 is 4.42 Å². The van der Waals surface area contributed by atoms with E-state index in [1.165, 1.54) is 12.8 Å². The van der Waals surface area contributed by atoms with Gasteiger partial charge in [-0.15, -0.1) is 0 Å². The number of hydrogen-bond acceptors (Lipinski definition) is 4. The summed E-state index contributed by atoms with van der Waals surface area (Å²) in [6.07, 6.45) is 3.23. The number of rotatable bonds is 4. The molecule has 0 radical (unpaired) electrons. The van der Waals surface area contributed by atoms with Gasteiger partial charge in [-0.25, -0.2) is 4.79 Å². The van der Waals surface area contributed by atoms with Crippen molar-refractivity contribution in [2.75, 3.05) is 19.6 Å². The Morgan fingerprint density at radius 2 is 1.78 bits per heavy atom. The van der Waals surface area contributed by atoms with Gasteiger partial charge in [0.2, 0.25) is 0 Å². The van der Waals surface area contributed by atoms with Crippen LogP contribution >= 0.6 is 0 Å². The first-order valence-electron chi connectivity index (χ1n) is 9.45. The van der Waals surface area contributed by atoms with Crippen molar-refractivity contribution in [3.8, 4) is 17.2 Å². The molecule has 0 spiro atoms. The van der Waals surface area contributed by atoms with Gasteiger partial charge in [-0.05, 0) is 80.2 Å². The molecular weight excluding hydrogens is 336 g/mol. The van der Waals surface area contributed by atoms with Crippen molar-refractivity contribution in [2.45, 2.75) is 26.2 Å². The van der Waals surface area contributed by atoms with E-state index in [4.69, 9.17) is 9.68 Å². The monoisotopic (exact) mass is 358 g/mol. The fourth-order valence-electron chi connectivity index (χ4n) is 3.87. The third-order valence-electron chi connectivity index (χ3n) is 5.51. The molecule has 2 aromatic carbocycles. The zero-order valence-corrected chi connectivity index (χ0v) is 15.5. The second kappa shape index (κ2) is 7.38. The van der Waals surface area contributed by atoms with Gasteiger partial charge < -0.3 is 9.32 Å². The molecule has 0 aliphatic carbocycles. The number of nitriles is 1. The molecular formula is C23H22N2O2. The Bertz CT molecular complexity index is 1070. The molecule has 4 heteroatoms. The van der Waals surface area contributed by atoms with Crippen LogP contribution in [0.2, 0.25) is 0 Å². The highest BCUT2D eigenvalue weighted by Crippen LogP contribution is 2.27. The lowest BCUT2D eigenvalue weighted by Crippen LogP contribution is -2.24. The van der Waals surface area contributed by atoms with Gasteiger partial charge in [0.25, 0.3) is 0 Å². The van der Waals surface area contributed by atoms with Crippen LogP contribution in [0.25, 0.3) is 22.1 Å². The Labute approximate surface area is 158 Å². The minimum Gasteiger partial charge on any atom is -0.423 e. The Hall–Kier alpha value is -2.90. The SMILES string of the molecule is Cc1c(CCN2CCCC2)c(=O)oc2ccc(-c3ccc(C#N)cc3)cc12. The first-order valence-corrected chi connectivity index (χ1v) is 9.45. The van der Waals surface area contributed by atoms with Crippen LogP contribution in [-0.2, 0) is 6.42 Å². The van der Waals surface area contributed by atoms with Gasteiger partial charge in [0.15, 0.2) is 0 Å². The van der Waals surface area contributed by atoms with Gasteiger partial charge in [0, 0.05) is 17.5 Å². The molecule has 4 nitrogen and oxygen atoms in total. The van der Waals surface area contributed by atoms with E-state index >= 15 is 0 Å². The van der Waals surface area contributed by atoms with Crippen LogP contribution in [-0.4, -0.2) is 24.5 Å². The predicted molar refractivity (Wildman–Crippen MR) is 107 cm³/mol. The Balaban J connectivity index is 1.70. The first kappa shape index (κ1) is 17.5. The third-order valence-corrected chi connectivity index (χ3v) is 5.51. The summed E-state index contributed by atoms with van der Waals surface area (Å²) >= 11 is 0. The van der Waals surface area contributed by atoms with E-state index in [0.717, 1.165) is 53.7 Å². The fraction of sp³-hybridized carbons (Fsp3) is 0.304. The zero-order valence-electron chi connectivity index (χ0n) is 15.5. The summed E-state index contributed by atoms with van der Waals surface area (Å²) < 4.78 is 5.60. The number of likely N-dealkylation sites (tertiary alicyclic amines) is 1. The highest BCUT2D eigenvalue weighted by molar-refractivity contribution is 5.86. The van der Waals surface area contributed by atoms with Gasteiger partial charge in [0.05, 0.1) is 11.6 Å². The molecule has 136 valence electrons. The Kier molecular flexibility index (Phi) is 4.79. The fourth-order valence-corrected chi connectivity index (χ4v) is 3.87. The second-order valence-electron chi connectivity index (χ2n) is 7.19. The largest absolute Gasteiger partial charge is 0.423 e. The van der Waals surface area contributed by atoms with Crippen molar-refractivity contribution in [1.82, 2.24) is 4.90 Å². The average Bonchev–Trinajstić information content (AvgIpc) is 3.21. The molecule has 1 fully saturated rings. The molecule has 1 aliphatic rings. The molecule has 3 aromatic rings. The zero-order chi connectivity index (χ0) is 18.8. The van der Waals surface area contributed by atoms with Crippen LogP contribution in [0.4, 0.5) is 0 Å². The van der Waals surface area contributed by atoms with Crippen LogP contribution in [0.15, 0.2) is 51.7 Å². The average molecular weight is 358 g/mol. The van der Waals surface area contributed by atoms with Crippen LogP contribution in [0.1, 0.15) is 29.5 Å². The summed E-state index contributed by atoms with van der Waals surface area (Å²) in [5.74, 6) is 0. The van der Waals surface area contributed by atoms with E-state index in [-0.39, 0.29) is 5.63 Å². The molecule has 27 heavy (non-hydrogen) atoms. The maximum absolute atomic E-state index is 12.5. The lowest BCUT2D eigenvalue weighted by molar-refractivity contribution is 0.341. The van der Waals surface area contributed by atoms with Gasteiger partial charge in [-0.2, -0.15) is 5.26 Å². The molecule has 4 rings (SSSR count). The van der Waals surface area contributed by atoms with Gasteiger partial charge in [-0.1, -0.05) is 18.2 Å². The first-order chi connectivity index (χ1) is 13.2. The highest BCUT2D eigenvalue weighted by atomic mass is 16.4. The number of nitrogens with zero attached hydrogens (tertiary/aromatic N) is 2. The number of aryl methyl sites for hydroxylation is 1. The molecule has 0 amide bonds. The predicted octanol–water partition coefficient (Wildman–Crippen LogP) is 4.28. The molecule has 2 heterocycles. The molecule has 0 N–H and O–H groups in total. The normalized spacial score (nSPS) is 14.5. The van der Waals surface area contributed by atoms with Gasteiger partial charge >= 0.3 is 5.63 Å². The van der Waals surface area contributed by atoms with Crippen molar-refractivity contribution in [3.05, 3.63) is 69.6 Å². The van der Waals surface area contributed by atoms with E-state index < -0.39 is 0 Å². The standard InChI is InChI=1S/C23H22N2O2/c1-16-20(10-13-25-11-2-3-12-25)23(26)27-22-9-8-19(14-21(16)22)18-6-4-17(15-24)5-7-18/h4-9,14H,2-3,10-13H2,1H3. The summed E-state index contributed by atoms with van der Waals surface area (Å²) in [6.45, 7) is 5.18. The molecule has 1 aromatic heterocycles. The molecule has 0 bridgehead atoms. The maximum Gasteiger partial charge on any atom is 0.339 e. The van der Waals surface area contributed by atoms with Crippen molar-refractivity contribution >= 4 is 11.0 Å². The van der Waals surface area contributed by atoms with Crippen LogP contribution in [0, 0.1) is 18.3 Å². The topological polar surface area (TPSA) is 57.2 Å². The summed E-state index contributed by atoms with van der Waals surface area (Å²) in [6, 6.07) is 15.6. The minimum atomic E-state index is -0.217. The number of hydrogen-bond donors (Lipinski definition) is 0. The summed E-state index contributed by atoms with van der Waals surface area (Å²) in [7, 11) is 0. The summed E-state index contributed by atoms with van der Waals surface area (Å²) in [5, 5.41) is 9.95. The highest BCUT2D eigenvalue weighted by Gasteiger charge is 2.16. The lowest BCUT2D eigenvalue weighted by Gasteiger charge is -2.15.